The Balaban J connectivity index is 2.14. The molecule has 0 aliphatic rings. The number of hydrogen-bond donors (Lipinski definition) is 1. The summed E-state index contributed by atoms with van der Waals surface area (Å²) in [4.78, 5) is 4.09. The topological polar surface area (TPSA) is 38.9 Å². The van der Waals surface area contributed by atoms with Crippen molar-refractivity contribution < 1.29 is 0 Å². The number of nitrogens with zero attached hydrogens (tertiary/aromatic N) is 1. The molecule has 1 aromatic heterocycles. The van der Waals surface area contributed by atoms with Crippen LogP contribution in [0, 0.1) is 6.92 Å². The number of rotatable bonds is 3. The number of benzene rings is 1. The van der Waals surface area contributed by atoms with Crippen LogP contribution in [-0.4, -0.2) is 4.98 Å². The Labute approximate surface area is 96.1 Å². The minimum atomic E-state index is 0.0230. The molecule has 0 spiro atoms. The Hall–Kier alpha value is -1.67. The summed E-state index contributed by atoms with van der Waals surface area (Å²) < 4.78 is 0. The lowest BCUT2D eigenvalue weighted by atomic mass is 9.98. The van der Waals surface area contributed by atoms with E-state index in [9.17, 15) is 0 Å². The van der Waals surface area contributed by atoms with Gasteiger partial charge in [0.2, 0.25) is 0 Å². The van der Waals surface area contributed by atoms with Gasteiger partial charge in [-0.25, -0.2) is 0 Å². The third-order valence-electron chi connectivity index (χ3n) is 2.81. The fourth-order valence-electron chi connectivity index (χ4n) is 1.79. The van der Waals surface area contributed by atoms with Gasteiger partial charge in [-0.1, -0.05) is 30.3 Å². The van der Waals surface area contributed by atoms with E-state index < -0.39 is 0 Å². The summed E-state index contributed by atoms with van der Waals surface area (Å²) >= 11 is 0. The third-order valence-corrected chi connectivity index (χ3v) is 2.81. The van der Waals surface area contributed by atoms with E-state index in [2.05, 4.69) is 36.2 Å². The molecule has 1 heterocycles. The maximum absolute atomic E-state index is 6.16. The van der Waals surface area contributed by atoms with Crippen molar-refractivity contribution in [3.8, 4) is 0 Å². The van der Waals surface area contributed by atoms with E-state index in [0.717, 1.165) is 12.0 Å². The number of nitrogens with two attached hydrogens (primary N) is 1. The average Bonchev–Trinajstić information content (AvgIpc) is 2.33. The van der Waals surface area contributed by atoms with E-state index in [-0.39, 0.29) is 6.04 Å². The molecule has 0 saturated heterocycles. The fraction of sp³-hybridized carbons (Fsp3) is 0.214. The monoisotopic (exact) mass is 212 g/mol. The molecule has 1 aromatic carbocycles. The highest BCUT2D eigenvalue weighted by Gasteiger charge is 2.07. The van der Waals surface area contributed by atoms with Crippen LogP contribution in [0.4, 0.5) is 0 Å². The fourth-order valence-corrected chi connectivity index (χ4v) is 1.79. The zero-order chi connectivity index (χ0) is 11.4. The molecule has 1 atom stereocenters. The van der Waals surface area contributed by atoms with Gasteiger partial charge in [-0.2, -0.15) is 0 Å². The molecule has 2 heteroatoms. The van der Waals surface area contributed by atoms with Crippen LogP contribution in [0.1, 0.15) is 22.7 Å². The van der Waals surface area contributed by atoms with Crippen molar-refractivity contribution >= 4 is 0 Å². The summed E-state index contributed by atoms with van der Waals surface area (Å²) in [6.07, 6.45) is 4.46. The normalized spacial score (nSPS) is 12.4. The van der Waals surface area contributed by atoms with E-state index in [4.69, 9.17) is 5.73 Å². The van der Waals surface area contributed by atoms with E-state index in [1.54, 1.807) is 6.20 Å². The second kappa shape index (κ2) is 4.90. The summed E-state index contributed by atoms with van der Waals surface area (Å²) in [5.41, 5.74) is 9.84. The molecule has 16 heavy (non-hydrogen) atoms. The molecule has 1 unspecified atom stereocenters. The maximum atomic E-state index is 6.16. The maximum Gasteiger partial charge on any atom is 0.0351 e. The van der Waals surface area contributed by atoms with E-state index >= 15 is 0 Å². The Kier molecular flexibility index (Phi) is 3.32. The van der Waals surface area contributed by atoms with Crippen molar-refractivity contribution in [2.24, 2.45) is 5.73 Å². The first kappa shape index (κ1) is 10.8. The standard InChI is InChI=1S/C14H16N2/c1-11-5-2-3-6-12(11)9-14(15)13-7-4-8-16-10-13/h2-8,10,14H,9,15H2,1H3. The third kappa shape index (κ3) is 2.47. The number of hydrogen-bond acceptors (Lipinski definition) is 2. The molecule has 82 valence electrons. The Morgan fingerprint density at radius 3 is 2.69 bits per heavy atom. The van der Waals surface area contributed by atoms with Crippen molar-refractivity contribution in [3.63, 3.8) is 0 Å². The van der Waals surface area contributed by atoms with Gasteiger partial charge >= 0.3 is 0 Å². The summed E-state index contributed by atoms with van der Waals surface area (Å²) in [6, 6.07) is 12.3. The zero-order valence-corrected chi connectivity index (χ0v) is 9.43. The first-order chi connectivity index (χ1) is 7.77. The van der Waals surface area contributed by atoms with Crippen molar-refractivity contribution in [2.75, 3.05) is 0 Å². The van der Waals surface area contributed by atoms with Gasteiger partial charge in [-0.15, -0.1) is 0 Å². The molecular formula is C14H16N2. The van der Waals surface area contributed by atoms with Crippen molar-refractivity contribution in [2.45, 2.75) is 19.4 Å². The van der Waals surface area contributed by atoms with Crippen LogP contribution < -0.4 is 5.73 Å². The smallest absolute Gasteiger partial charge is 0.0351 e. The van der Waals surface area contributed by atoms with Gasteiger partial charge in [-0.3, -0.25) is 4.98 Å². The molecule has 0 saturated carbocycles. The van der Waals surface area contributed by atoms with Crippen LogP contribution in [0.15, 0.2) is 48.8 Å². The molecule has 2 N–H and O–H groups in total. The minimum Gasteiger partial charge on any atom is -0.324 e. The van der Waals surface area contributed by atoms with Crippen LogP contribution in [0.5, 0.6) is 0 Å². The van der Waals surface area contributed by atoms with Crippen molar-refractivity contribution in [1.82, 2.24) is 4.98 Å². The highest BCUT2D eigenvalue weighted by atomic mass is 14.7. The van der Waals surface area contributed by atoms with Gasteiger partial charge in [0.05, 0.1) is 0 Å². The van der Waals surface area contributed by atoms with Crippen molar-refractivity contribution in [3.05, 3.63) is 65.5 Å². The van der Waals surface area contributed by atoms with Gasteiger partial charge in [-0.05, 0) is 36.1 Å². The van der Waals surface area contributed by atoms with E-state index in [0.29, 0.717) is 0 Å². The van der Waals surface area contributed by atoms with Crippen LogP contribution in [0.25, 0.3) is 0 Å². The lowest BCUT2D eigenvalue weighted by molar-refractivity contribution is 0.715. The molecule has 0 aliphatic carbocycles. The van der Waals surface area contributed by atoms with Gasteiger partial charge in [0.25, 0.3) is 0 Å². The van der Waals surface area contributed by atoms with Gasteiger partial charge in [0, 0.05) is 18.4 Å². The number of aryl methyl sites for hydroxylation is 1. The zero-order valence-electron chi connectivity index (χ0n) is 9.43. The molecular weight excluding hydrogens is 196 g/mol. The molecule has 0 bridgehead atoms. The second-order valence-corrected chi connectivity index (χ2v) is 4.02. The highest BCUT2D eigenvalue weighted by Crippen LogP contribution is 2.17. The molecule has 2 rings (SSSR count). The molecule has 0 radical (unpaired) electrons. The quantitative estimate of drug-likeness (QED) is 0.849. The molecule has 0 amide bonds. The summed E-state index contributed by atoms with van der Waals surface area (Å²) in [6.45, 7) is 2.12. The van der Waals surface area contributed by atoms with Gasteiger partial charge in [0.15, 0.2) is 0 Å². The average molecular weight is 212 g/mol. The molecule has 2 nitrogen and oxygen atoms in total. The first-order valence-corrected chi connectivity index (χ1v) is 5.47. The van der Waals surface area contributed by atoms with E-state index in [1.165, 1.54) is 11.1 Å². The summed E-state index contributed by atoms with van der Waals surface area (Å²) in [5, 5.41) is 0. The SMILES string of the molecule is Cc1ccccc1CC(N)c1cccnc1. The summed E-state index contributed by atoms with van der Waals surface area (Å²) in [7, 11) is 0. The first-order valence-electron chi connectivity index (χ1n) is 5.47. The predicted molar refractivity (Wildman–Crippen MR) is 66.0 cm³/mol. The van der Waals surface area contributed by atoms with Crippen molar-refractivity contribution in [1.29, 1.82) is 0 Å². The predicted octanol–water partition coefficient (Wildman–Crippen LogP) is 2.63. The second-order valence-electron chi connectivity index (χ2n) is 4.02. The minimum absolute atomic E-state index is 0.0230. The Morgan fingerprint density at radius 1 is 1.19 bits per heavy atom. The number of pyridine rings is 1. The van der Waals surface area contributed by atoms with E-state index in [1.807, 2.05) is 18.3 Å². The van der Waals surface area contributed by atoms with Crippen LogP contribution >= 0.6 is 0 Å². The number of aromatic nitrogens is 1. The largest absolute Gasteiger partial charge is 0.324 e. The molecule has 0 aliphatic heterocycles. The Morgan fingerprint density at radius 2 is 2.00 bits per heavy atom. The Bertz CT molecular complexity index is 451. The summed E-state index contributed by atoms with van der Waals surface area (Å²) in [5.74, 6) is 0. The lowest BCUT2D eigenvalue weighted by Crippen LogP contribution is -2.14. The van der Waals surface area contributed by atoms with Crippen LogP contribution in [-0.2, 0) is 6.42 Å². The molecule has 0 fully saturated rings. The van der Waals surface area contributed by atoms with Gasteiger partial charge in [0.1, 0.15) is 0 Å². The highest BCUT2D eigenvalue weighted by molar-refractivity contribution is 5.28. The van der Waals surface area contributed by atoms with Gasteiger partial charge < -0.3 is 5.73 Å². The molecule has 2 aromatic rings. The van der Waals surface area contributed by atoms with Crippen LogP contribution in [0.3, 0.4) is 0 Å². The lowest BCUT2D eigenvalue weighted by Gasteiger charge is -2.13. The van der Waals surface area contributed by atoms with Crippen LogP contribution in [0.2, 0.25) is 0 Å².